The summed E-state index contributed by atoms with van der Waals surface area (Å²) < 4.78 is 44.1. The summed E-state index contributed by atoms with van der Waals surface area (Å²) in [6, 6.07) is 1.66. The standard InChI is InChI=1S/C8H4BrF3N2O2/c1-15-7-4(2-13)6(9)5(3-14-7)16-8(10,11)12/h3H,1H3. The highest BCUT2D eigenvalue weighted by molar-refractivity contribution is 9.10. The number of alkyl halides is 3. The van der Waals surface area contributed by atoms with Crippen LogP contribution < -0.4 is 9.47 Å². The fourth-order valence-electron chi connectivity index (χ4n) is 0.903. The van der Waals surface area contributed by atoms with Gasteiger partial charge >= 0.3 is 6.36 Å². The Hall–Kier alpha value is -1.49. The summed E-state index contributed by atoms with van der Waals surface area (Å²) in [5.41, 5.74) is -0.163. The van der Waals surface area contributed by atoms with E-state index in [-0.39, 0.29) is 15.9 Å². The van der Waals surface area contributed by atoms with Crippen molar-refractivity contribution in [2.45, 2.75) is 6.36 Å². The van der Waals surface area contributed by atoms with Crippen LogP contribution in [0.1, 0.15) is 5.56 Å². The molecule has 0 aromatic carbocycles. The minimum absolute atomic E-state index is 0.0797. The van der Waals surface area contributed by atoms with Crippen molar-refractivity contribution in [1.82, 2.24) is 4.98 Å². The lowest BCUT2D eigenvalue weighted by atomic mass is 10.3. The minimum atomic E-state index is -4.84. The van der Waals surface area contributed by atoms with Gasteiger partial charge in [-0.2, -0.15) is 5.26 Å². The summed E-state index contributed by atoms with van der Waals surface area (Å²) in [5, 5.41) is 8.72. The second-order valence-corrected chi connectivity index (χ2v) is 3.27. The molecule has 0 aliphatic rings. The van der Waals surface area contributed by atoms with Crippen LogP contribution in [-0.2, 0) is 0 Å². The number of halogens is 4. The maximum atomic E-state index is 12.0. The molecule has 86 valence electrons. The van der Waals surface area contributed by atoms with Crippen LogP contribution in [0.4, 0.5) is 13.2 Å². The molecule has 0 aliphatic heterocycles. The first-order valence-corrected chi connectivity index (χ1v) is 4.56. The van der Waals surface area contributed by atoms with Crippen molar-refractivity contribution in [1.29, 1.82) is 5.26 Å². The molecule has 1 aromatic heterocycles. The molecule has 0 saturated heterocycles. The molecule has 1 heterocycles. The predicted octanol–water partition coefficient (Wildman–Crippen LogP) is 2.62. The summed E-state index contributed by atoms with van der Waals surface area (Å²) in [6.45, 7) is 0. The largest absolute Gasteiger partial charge is 0.573 e. The first-order chi connectivity index (χ1) is 7.39. The van der Waals surface area contributed by atoms with Gasteiger partial charge in [-0.05, 0) is 15.9 Å². The zero-order chi connectivity index (χ0) is 12.3. The Kier molecular flexibility index (Phi) is 3.59. The molecule has 1 aromatic rings. The maximum Gasteiger partial charge on any atom is 0.573 e. The number of aromatic nitrogens is 1. The Morgan fingerprint density at radius 2 is 2.12 bits per heavy atom. The number of rotatable bonds is 2. The number of hydrogen-bond donors (Lipinski definition) is 0. The molecular weight excluding hydrogens is 293 g/mol. The van der Waals surface area contributed by atoms with Crippen LogP contribution in [0.15, 0.2) is 10.7 Å². The van der Waals surface area contributed by atoms with Gasteiger partial charge in [0.15, 0.2) is 5.75 Å². The van der Waals surface area contributed by atoms with Crippen LogP contribution in [0.2, 0.25) is 0 Å². The second-order valence-electron chi connectivity index (χ2n) is 2.48. The highest BCUT2D eigenvalue weighted by Gasteiger charge is 2.33. The van der Waals surface area contributed by atoms with E-state index in [4.69, 9.17) is 10.00 Å². The lowest BCUT2D eigenvalue weighted by Gasteiger charge is -2.11. The maximum absolute atomic E-state index is 12.0. The van der Waals surface area contributed by atoms with Crippen LogP contribution in [-0.4, -0.2) is 18.5 Å². The van der Waals surface area contributed by atoms with Gasteiger partial charge in [0.1, 0.15) is 11.6 Å². The van der Waals surface area contributed by atoms with Gasteiger partial charge in [-0.15, -0.1) is 13.2 Å². The van der Waals surface area contributed by atoms with E-state index >= 15 is 0 Å². The van der Waals surface area contributed by atoms with Crippen LogP contribution in [0, 0.1) is 11.3 Å². The molecule has 0 fully saturated rings. The SMILES string of the molecule is COc1ncc(OC(F)(F)F)c(Br)c1C#N. The third kappa shape index (κ3) is 2.76. The lowest BCUT2D eigenvalue weighted by molar-refractivity contribution is -0.275. The molecule has 0 spiro atoms. The molecule has 0 amide bonds. The molecule has 0 aliphatic carbocycles. The van der Waals surface area contributed by atoms with E-state index in [1.807, 2.05) is 0 Å². The summed E-state index contributed by atoms with van der Waals surface area (Å²) in [4.78, 5) is 3.51. The molecule has 16 heavy (non-hydrogen) atoms. The molecule has 0 saturated carbocycles. The van der Waals surface area contributed by atoms with Crippen LogP contribution in [0.5, 0.6) is 11.6 Å². The van der Waals surface area contributed by atoms with Crippen molar-refractivity contribution in [2.24, 2.45) is 0 Å². The van der Waals surface area contributed by atoms with E-state index in [0.717, 1.165) is 6.20 Å². The van der Waals surface area contributed by atoms with Crippen molar-refractivity contribution in [3.05, 3.63) is 16.2 Å². The topological polar surface area (TPSA) is 55.1 Å². The summed E-state index contributed by atoms with van der Waals surface area (Å²) in [5.74, 6) is -0.672. The second kappa shape index (κ2) is 4.57. The fourth-order valence-corrected chi connectivity index (χ4v) is 1.34. The van der Waals surface area contributed by atoms with Gasteiger partial charge in [0, 0.05) is 0 Å². The van der Waals surface area contributed by atoms with Gasteiger partial charge in [0.25, 0.3) is 0 Å². The quantitative estimate of drug-likeness (QED) is 0.842. The van der Waals surface area contributed by atoms with E-state index in [9.17, 15) is 13.2 Å². The molecule has 0 N–H and O–H groups in total. The minimum Gasteiger partial charge on any atom is -0.480 e. The van der Waals surface area contributed by atoms with E-state index in [0.29, 0.717) is 0 Å². The van der Waals surface area contributed by atoms with E-state index in [1.165, 1.54) is 7.11 Å². The molecule has 0 unspecified atom stereocenters. The summed E-state index contributed by atoms with van der Waals surface area (Å²) >= 11 is 2.82. The third-order valence-electron chi connectivity index (χ3n) is 1.48. The number of hydrogen-bond acceptors (Lipinski definition) is 4. The Morgan fingerprint density at radius 1 is 1.50 bits per heavy atom. The van der Waals surface area contributed by atoms with Gasteiger partial charge in [0.2, 0.25) is 5.88 Å². The van der Waals surface area contributed by atoms with Gasteiger partial charge in [-0.25, -0.2) is 4.98 Å². The fraction of sp³-hybridized carbons (Fsp3) is 0.250. The zero-order valence-corrected chi connectivity index (χ0v) is 9.39. The number of pyridine rings is 1. The van der Waals surface area contributed by atoms with Crippen molar-refractivity contribution < 1.29 is 22.6 Å². The molecule has 0 radical (unpaired) electrons. The molecular formula is C8H4BrF3N2O2. The smallest absolute Gasteiger partial charge is 0.480 e. The van der Waals surface area contributed by atoms with E-state index < -0.39 is 12.1 Å². The third-order valence-corrected chi connectivity index (χ3v) is 2.27. The molecule has 4 nitrogen and oxygen atoms in total. The number of methoxy groups -OCH3 is 1. The van der Waals surface area contributed by atoms with E-state index in [2.05, 4.69) is 25.7 Å². The Labute approximate surface area is 96.7 Å². The molecule has 0 bridgehead atoms. The highest BCUT2D eigenvalue weighted by atomic mass is 79.9. The van der Waals surface area contributed by atoms with Gasteiger partial charge in [0.05, 0.1) is 17.8 Å². The van der Waals surface area contributed by atoms with Crippen molar-refractivity contribution in [3.8, 4) is 17.7 Å². The first kappa shape index (κ1) is 12.6. The highest BCUT2D eigenvalue weighted by Crippen LogP contribution is 2.35. The normalized spacial score (nSPS) is 10.8. The summed E-state index contributed by atoms with van der Waals surface area (Å²) in [7, 11) is 1.25. The predicted molar refractivity (Wildman–Crippen MR) is 49.9 cm³/mol. The van der Waals surface area contributed by atoms with Crippen LogP contribution in [0.25, 0.3) is 0 Å². The van der Waals surface area contributed by atoms with E-state index in [1.54, 1.807) is 6.07 Å². The number of ether oxygens (including phenoxy) is 2. The summed E-state index contributed by atoms with van der Waals surface area (Å²) in [6.07, 6.45) is -4.03. The lowest BCUT2D eigenvalue weighted by Crippen LogP contribution is -2.17. The van der Waals surface area contributed by atoms with Crippen molar-refractivity contribution >= 4 is 15.9 Å². The number of nitrogens with zero attached hydrogens (tertiary/aromatic N) is 2. The average Bonchev–Trinajstić information content (AvgIpc) is 2.19. The Bertz CT molecular complexity index is 442. The van der Waals surface area contributed by atoms with Crippen molar-refractivity contribution in [2.75, 3.05) is 7.11 Å². The monoisotopic (exact) mass is 296 g/mol. The van der Waals surface area contributed by atoms with Crippen LogP contribution in [0.3, 0.4) is 0 Å². The van der Waals surface area contributed by atoms with Gasteiger partial charge in [-0.1, -0.05) is 0 Å². The van der Waals surface area contributed by atoms with Crippen molar-refractivity contribution in [3.63, 3.8) is 0 Å². The first-order valence-electron chi connectivity index (χ1n) is 3.77. The molecule has 1 rings (SSSR count). The average molecular weight is 297 g/mol. The molecule has 0 atom stereocenters. The van der Waals surface area contributed by atoms with Gasteiger partial charge in [-0.3, -0.25) is 0 Å². The number of nitriles is 1. The Balaban J connectivity index is 3.21. The van der Waals surface area contributed by atoms with Gasteiger partial charge < -0.3 is 9.47 Å². The zero-order valence-electron chi connectivity index (χ0n) is 7.80. The molecule has 8 heteroatoms. The van der Waals surface area contributed by atoms with Crippen LogP contribution >= 0.6 is 15.9 Å². The Morgan fingerprint density at radius 3 is 2.56 bits per heavy atom.